The Bertz CT molecular complexity index is 897. The van der Waals surface area contributed by atoms with Gasteiger partial charge in [0.1, 0.15) is 12.4 Å². The van der Waals surface area contributed by atoms with E-state index in [9.17, 15) is 0 Å². The van der Waals surface area contributed by atoms with Crippen LogP contribution in [0, 0.1) is 0 Å². The van der Waals surface area contributed by atoms with Crippen molar-refractivity contribution in [3.8, 4) is 17.1 Å². The highest BCUT2D eigenvalue weighted by Gasteiger charge is 2.26. The van der Waals surface area contributed by atoms with Crippen LogP contribution < -0.4 is 5.73 Å². The fraction of sp³-hybridized carbons (Fsp3) is 0.238. The number of nitrogens with zero attached hydrogens (tertiary/aromatic N) is 3. The van der Waals surface area contributed by atoms with Gasteiger partial charge in [0.25, 0.3) is 0 Å². The summed E-state index contributed by atoms with van der Waals surface area (Å²) < 4.78 is 2.13. The second-order valence-electron chi connectivity index (χ2n) is 6.43. The second-order valence-corrected chi connectivity index (χ2v) is 6.43. The number of nitrogens with two attached hydrogens (primary N) is 1. The quantitative estimate of drug-likeness (QED) is 0.403. The first-order valence-corrected chi connectivity index (χ1v) is 8.95. The molecule has 1 aromatic heterocycles. The van der Waals surface area contributed by atoms with Gasteiger partial charge in [0.05, 0.1) is 6.21 Å². The lowest BCUT2D eigenvalue weighted by molar-refractivity contribution is 0.154. The van der Waals surface area contributed by atoms with E-state index in [1.807, 2.05) is 30.6 Å². The Hall–Kier alpha value is -2.92. The minimum Gasteiger partial charge on any atom is -0.394 e. The van der Waals surface area contributed by atoms with Gasteiger partial charge in [-0.3, -0.25) is 4.57 Å². The predicted octanol–water partition coefficient (Wildman–Crippen LogP) is 3.73. The number of oxime groups is 1. The molecule has 0 unspecified atom stereocenters. The first-order chi connectivity index (χ1) is 12.9. The molecular formula is C21H22N4O. The molecule has 1 aliphatic rings. The van der Waals surface area contributed by atoms with Crippen molar-refractivity contribution in [2.75, 3.05) is 13.2 Å². The zero-order valence-corrected chi connectivity index (χ0v) is 14.6. The molecule has 0 saturated heterocycles. The standard InChI is InChI=1S/C21H22N4O/c22-10-13-26-24-15-18-8-9-19(14-20(18)16-6-7-16)25-12-11-23-21(25)17-4-2-1-3-5-17/h1-5,8-9,11-12,14-16H,6-7,10,13,22H2. The van der Waals surface area contributed by atoms with Crippen LogP contribution in [0.2, 0.25) is 0 Å². The molecule has 132 valence electrons. The van der Waals surface area contributed by atoms with Gasteiger partial charge in [0.2, 0.25) is 0 Å². The number of hydrogen-bond donors (Lipinski definition) is 1. The highest BCUT2D eigenvalue weighted by molar-refractivity contribution is 5.82. The monoisotopic (exact) mass is 346 g/mol. The molecule has 5 nitrogen and oxygen atoms in total. The Labute approximate surface area is 153 Å². The van der Waals surface area contributed by atoms with Crippen molar-refractivity contribution in [1.29, 1.82) is 0 Å². The Morgan fingerprint density at radius 3 is 2.81 bits per heavy atom. The lowest BCUT2D eigenvalue weighted by Crippen LogP contribution is -2.05. The first kappa shape index (κ1) is 16.5. The highest BCUT2D eigenvalue weighted by Crippen LogP contribution is 2.42. The molecule has 3 aromatic rings. The SMILES string of the molecule is NCCON=Cc1ccc(-n2ccnc2-c2ccccc2)cc1C1CC1. The van der Waals surface area contributed by atoms with Gasteiger partial charge in [-0.25, -0.2) is 4.98 Å². The minimum absolute atomic E-state index is 0.433. The first-order valence-electron chi connectivity index (χ1n) is 8.95. The summed E-state index contributed by atoms with van der Waals surface area (Å²) in [6.45, 7) is 0.900. The molecule has 26 heavy (non-hydrogen) atoms. The summed E-state index contributed by atoms with van der Waals surface area (Å²) in [4.78, 5) is 9.70. The summed E-state index contributed by atoms with van der Waals surface area (Å²) in [6, 6.07) is 16.7. The summed E-state index contributed by atoms with van der Waals surface area (Å²) in [5.41, 5.74) is 10.1. The third kappa shape index (κ3) is 3.53. The van der Waals surface area contributed by atoms with Crippen molar-refractivity contribution in [2.24, 2.45) is 10.9 Å². The average Bonchev–Trinajstić information content (AvgIpc) is 3.42. The molecule has 0 radical (unpaired) electrons. The van der Waals surface area contributed by atoms with Gasteiger partial charge >= 0.3 is 0 Å². The average molecular weight is 346 g/mol. The topological polar surface area (TPSA) is 65.4 Å². The Balaban J connectivity index is 1.68. The van der Waals surface area contributed by atoms with Gasteiger partial charge in [-0.2, -0.15) is 0 Å². The smallest absolute Gasteiger partial charge is 0.144 e. The summed E-state index contributed by atoms with van der Waals surface area (Å²) >= 11 is 0. The molecule has 0 bridgehead atoms. The van der Waals surface area contributed by atoms with E-state index in [4.69, 9.17) is 10.6 Å². The molecule has 5 heteroatoms. The zero-order chi connectivity index (χ0) is 17.8. The van der Waals surface area contributed by atoms with E-state index >= 15 is 0 Å². The molecule has 0 atom stereocenters. The van der Waals surface area contributed by atoms with Crippen molar-refractivity contribution >= 4 is 6.21 Å². The van der Waals surface area contributed by atoms with Gasteiger partial charge in [-0.15, -0.1) is 0 Å². The van der Waals surface area contributed by atoms with Gasteiger partial charge in [0.15, 0.2) is 0 Å². The lowest BCUT2D eigenvalue weighted by Gasteiger charge is -2.12. The van der Waals surface area contributed by atoms with E-state index < -0.39 is 0 Å². The molecule has 1 fully saturated rings. The fourth-order valence-electron chi connectivity index (χ4n) is 3.09. The van der Waals surface area contributed by atoms with Crippen LogP contribution in [0.25, 0.3) is 17.1 Å². The van der Waals surface area contributed by atoms with E-state index in [-0.39, 0.29) is 0 Å². The molecule has 2 aromatic carbocycles. The maximum atomic E-state index is 5.42. The zero-order valence-electron chi connectivity index (χ0n) is 14.6. The predicted molar refractivity (Wildman–Crippen MR) is 104 cm³/mol. The van der Waals surface area contributed by atoms with Gasteiger partial charge in [0, 0.05) is 30.2 Å². The van der Waals surface area contributed by atoms with E-state index in [2.05, 4.69) is 45.0 Å². The van der Waals surface area contributed by atoms with Gasteiger partial charge in [-0.05, 0) is 42.0 Å². The van der Waals surface area contributed by atoms with Crippen LogP contribution in [0.15, 0.2) is 66.1 Å². The minimum atomic E-state index is 0.433. The van der Waals surface area contributed by atoms with Gasteiger partial charge < -0.3 is 10.6 Å². The van der Waals surface area contributed by atoms with Crippen molar-refractivity contribution in [2.45, 2.75) is 18.8 Å². The van der Waals surface area contributed by atoms with Crippen LogP contribution >= 0.6 is 0 Å². The molecule has 1 aliphatic carbocycles. The van der Waals surface area contributed by atoms with Crippen LogP contribution in [-0.2, 0) is 4.84 Å². The molecule has 1 saturated carbocycles. The lowest BCUT2D eigenvalue weighted by atomic mass is 10.0. The molecule has 0 aliphatic heterocycles. The third-order valence-corrected chi connectivity index (χ3v) is 4.51. The van der Waals surface area contributed by atoms with Crippen molar-refractivity contribution in [3.05, 3.63) is 72.1 Å². The Morgan fingerprint density at radius 2 is 2.04 bits per heavy atom. The summed E-state index contributed by atoms with van der Waals surface area (Å²) in [5.74, 6) is 1.55. The maximum absolute atomic E-state index is 5.42. The van der Waals surface area contributed by atoms with Crippen LogP contribution in [0.1, 0.15) is 29.9 Å². The number of benzene rings is 2. The molecule has 1 heterocycles. The van der Waals surface area contributed by atoms with Crippen LogP contribution in [0.3, 0.4) is 0 Å². The number of hydrogen-bond acceptors (Lipinski definition) is 4. The summed E-state index contributed by atoms with van der Waals surface area (Å²) in [5, 5.41) is 4.04. The van der Waals surface area contributed by atoms with E-state index in [1.54, 1.807) is 6.21 Å². The van der Waals surface area contributed by atoms with Crippen LogP contribution in [0.4, 0.5) is 0 Å². The largest absolute Gasteiger partial charge is 0.394 e. The normalized spacial score (nSPS) is 14.0. The van der Waals surface area contributed by atoms with Crippen LogP contribution in [-0.4, -0.2) is 28.9 Å². The summed E-state index contributed by atoms with van der Waals surface area (Å²) in [7, 11) is 0. The van der Waals surface area contributed by atoms with Crippen molar-refractivity contribution in [3.63, 3.8) is 0 Å². The fourth-order valence-corrected chi connectivity index (χ4v) is 3.09. The number of rotatable bonds is 7. The number of imidazole rings is 1. The molecule has 4 rings (SSSR count). The maximum Gasteiger partial charge on any atom is 0.144 e. The van der Waals surface area contributed by atoms with Crippen LogP contribution in [0.5, 0.6) is 0 Å². The molecule has 0 spiro atoms. The van der Waals surface area contributed by atoms with E-state index in [1.165, 1.54) is 18.4 Å². The molecule has 2 N–H and O–H groups in total. The highest BCUT2D eigenvalue weighted by atomic mass is 16.6. The molecule has 0 amide bonds. The second kappa shape index (κ2) is 7.54. The Kier molecular flexibility index (Phi) is 4.80. The number of aromatic nitrogens is 2. The van der Waals surface area contributed by atoms with Crippen molar-refractivity contribution < 1.29 is 4.84 Å². The van der Waals surface area contributed by atoms with Gasteiger partial charge in [-0.1, -0.05) is 41.6 Å². The van der Waals surface area contributed by atoms with E-state index in [0.717, 1.165) is 22.6 Å². The third-order valence-electron chi connectivity index (χ3n) is 4.51. The molecular weight excluding hydrogens is 324 g/mol. The van der Waals surface area contributed by atoms with E-state index in [0.29, 0.717) is 19.1 Å². The summed E-state index contributed by atoms with van der Waals surface area (Å²) in [6.07, 6.45) is 8.09. The van der Waals surface area contributed by atoms with Crippen molar-refractivity contribution in [1.82, 2.24) is 9.55 Å². The Morgan fingerprint density at radius 1 is 1.19 bits per heavy atom.